The Morgan fingerprint density at radius 1 is 1.41 bits per heavy atom. The average molecular weight is 237 g/mol. The standard InChI is InChI=1S/C8H14N2.C2H5N5/c1-3-4-5-8-6-9-7(2)10-8;1-3-2-4-6-7-5-2/h6H,3-5H2,1-2H3,(H,9,10);1H3,(H2,3,4,5,6,7). The summed E-state index contributed by atoms with van der Waals surface area (Å²) in [5.74, 6) is 1.53. The Bertz CT molecular complexity index is 392. The Morgan fingerprint density at radius 3 is 2.65 bits per heavy atom. The van der Waals surface area contributed by atoms with E-state index in [9.17, 15) is 0 Å². The summed E-state index contributed by atoms with van der Waals surface area (Å²) in [5, 5.41) is 15.4. The number of rotatable bonds is 4. The van der Waals surface area contributed by atoms with Crippen molar-refractivity contribution in [2.75, 3.05) is 12.4 Å². The molecule has 0 aliphatic heterocycles. The molecule has 0 aliphatic rings. The van der Waals surface area contributed by atoms with Gasteiger partial charge in [-0.05, 0) is 25.0 Å². The van der Waals surface area contributed by atoms with Gasteiger partial charge in [-0.2, -0.15) is 5.21 Å². The average Bonchev–Trinajstić information content (AvgIpc) is 2.98. The molecule has 0 saturated heterocycles. The summed E-state index contributed by atoms with van der Waals surface area (Å²) < 4.78 is 0. The molecule has 0 radical (unpaired) electrons. The molecule has 3 N–H and O–H groups in total. The van der Waals surface area contributed by atoms with Crippen LogP contribution in [0.25, 0.3) is 0 Å². The van der Waals surface area contributed by atoms with Gasteiger partial charge in [-0.15, -0.1) is 5.10 Å². The van der Waals surface area contributed by atoms with Gasteiger partial charge in [-0.3, -0.25) is 0 Å². The molecule has 0 atom stereocenters. The van der Waals surface area contributed by atoms with E-state index in [4.69, 9.17) is 0 Å². The summed E-state index contributed by atoms with van der Waals surface area (Å²) in [4.78, 5) is 7.31. The lowest BCUT2D eigenvalue weighted by molar-refractivity contribution is 0.779. The number of aromatic nitrogens is 6. The molecular weight excluding hydrogens is 218 g/mol. The van der Waals surface area contributed by atoms with Crippen LogP contribution in [0.5, 0.6) is 0 Å². The molecule has 0 unspecified atom stereocenters. The van der Waals surface area contributed by atoms with Gasteiger partial charge < -0.3 is 10.3 Å². The van der Waals surface area contributed by atoms with Crippen molar-refractivity contribution in [3.8, 4) is 0 Å². The molecule has 2 rings (SSSR count). The molecule has 2 aromatic rings. The van der Waals surface area contributed by atoms with Crippen LogP contribution in [0.4, 0.5) is 5.95 Å². The third-order valence-electron chi connectivity index (χ3n) is 2.12. The molecule has 0 amide bonds. The number of hydrogen-bond donors (Lipinski definition) is 3. The predicted molar refractivity (Wildman–Crippen MR) is 65.7 cm³/mol. The molecule has 2 heterocycles. The van der Waals surface area contributed by atoms with Crippen LogP contribution in [0.3, 0.4) is 0 Å². The van der Waals surface area contributed by atoms with Crippen LogP contribution < -0.4 is 5.32 Å². The van der Waals surface area contributed by atoms with Gasteiger partial charge >= 0.3 is 0 Å². The SMILES string of the molecule is CCCCc1cnc(C)[nH]1.CNc1nn[nH]n1. The van der Waals surface area contributed by atoms with Crippen molar-refractivity contribution < 1.29 is 0 Å². The quantitative estimate of drug-likeness (QED) is 0.745. The van der Waals surface area contributed by atoms with E-state index >= 15 is 0 Å². The van der Waals surface area contributed by atoms with Gasteiger partial charge in [0.1, 0.15) is 5.82 Å². The third-order valence-corrected chi connectivity index (χ3v) is 2.12. The minimum Gasteiger partial charge on any atom is -0.355 e. The first-order valence-electron chi connectivity index (χ1n) is 5.68. The molecule has 7 nitrogen and oxygen atoms in total. The van der Waals surface area contributed by atoms with Crippen LogP contribution >= 0.6 is 0 Å². The number of imidazole rings is 1. The Morgan fingerprint density at radius 2 is 2.24 bits per heavy atom. The first-order chi connectivity index (χ1) is 8.26. The lowest BCUT2D eigenvalue weighted by Gasteiger charge is -1.91. The molecule has 17 heavy (non-hydrogen) atoms. The number of tetrazole rings is 1. The van der Waals surface area contributed by atoms with Crippen LogP contribution in [-0.4, -0.2) is 37.6 Å². The van der Waals surface area contributed by atoms with Crippen molar-refractivity contribution in [1.82, 2.24) is 30.6 Å². The Kier molecular flexibility index (Phi) is 5.70. The second-order valence-electron chi connectivity index (χ2n) is 3.58. The zero-order chi connectivity index (χ0) is 12.5. The second kappa shape index (κ2) is 7.37. The molecular formula is C10H19N7. The molecule has 0 bridgehead atoms. The predicted octanol–water partition coefficient (Wildman–Crippen LogP) is 1.30. The number of unbranched alkanes of at least 4 members (excludes halogenated alkanes) is 1. The van der Waals surface area contributed by atoms with E-state index in [2.05, 4.69) is 42.8 Å². The van der Waals surface area contributed by atoms with Crippen molar-refractivity contribution in [2.24, 2.45) is 0 Å². The number of anilines is 1. The number of hydrogen-bond acceptors (Lipinski definition) is 5. The maximum atomic E-state index is 4.11. The van der Waals surface area contributed by atoms with E-state index in [-0.39, 0.29) is 0 Å². The van der Waals surface area contributed by atoms with Gasteiger partial charge in [0.05, 0.1) is 0 Å². The van der Waals surface area contributed by atoms with Crippen molar-refractivity contribution in [2.45, 2.75) is 33.1 Å². The minimum absolute atomic E-state index is 0.514. The van der Waals surface area contributed by atoms with Gasteiger partial charge in [0.15, 0.2) is 0 Å². The van der Waals surface area contributed by atoms with Crippen LogP contribution in [-0.2, 0) is 6.42 Å². The number of nitrogens with one attached hydrogen (secondary N) is 3. The highest BCUT2D eigenvalue weighted by Gasteiger charge is 1.93. The summed E-state index contributed by atoms with van der Waals surface area (Å²) >= 11 is 0. The smallest absolute Gasteiger partial charge is 0.262 e. The van der Waals surface area contributed by atoms with Crippen LogP contribution in [0.1, 0.15) is 31.3 Å². The van der Waals surface area contributed by atoms with E-state index in [1.165, 1.54) is 18.5 Å². The van der Waals surface area contributed by atoms with E-state index in [0.29, 0.717) is 5.95 Å². The first kappa shape index (κ1) is 13.1. The monoisotopic (exact) mass is 237 g/mol. The molecule has 94 valence electrons. The minimum atomic E-state index is 0.514. The van der Waals surface area contributed by atoms with E-state index < -0.39 is 0 Å². The molecule has 0 aliphatic carbocycles. The van der Waals surface area contributed by atoms with Crippen molar-refractivity contribution in [1.29, 1.82) is 0 Å². The van der Waals surface area contributed by atoms with Crippen LogP contribution in [0, 0.1) is 6.92 Å². The number of aryl methyl sites for hydroxylation is 2. The summed E-state index contributed by atoms with van der Waals surface area (Å²) in [7, 11) is 1.73. The van der Waals surface area contributed by atoms with E-state index in [1.807, 2.05) is 13.1 Å². The topological polar surface area (TPSA) is 95.2 Å². The molecule has 0 spiro atoms. The fourth-order valence-corrected chi connectivity index (χ4v) is 1.23. The highest BCUT2D eigenvalue weighted by Crippen LogP contribution is 2.01. The summed E-state index contributed by atoms with van der Waals surface area (Å²) in [6.07, 6.45) is 5.56. The normalized spacial score (nSPS) is 9.59. The molecule has 0 fully saturated rings. The Balaban J connectivity index is 0.000000181. The van der Waals surface area contributed by atoms with Gasteiger partial charge in [0, 0.05) is 18.9 Å². The van der Waals surface area contributed by atoms with Gasteiger partial charge in [-0.1, -0.05) is 18.4 Å². The third kappa shape index (κ3) is 5.10. The maximum Gasteiger partial charge on any atom is 0.262 e. The molecule has 7 heteroatoms. The zero-order valence-electron chi connectivity index (χ0n) is 10.5. The van der Waals surface area contributed by atoms with Crippen molar-refractivity contribution >= 4 is 5.95 Å². The summed E-state index contributed by atoms with van der Waals surface area (Å²) in [6, 6.07) is 0. The van der Waals surface area contributed by atoms with Gasteiger partial charge in [0.2, 0.25) is 0 Å². The van der Waals surface area contributed by atoms with E-state index in [0.717, 1.165) is 12.2 Å². The fraction of sp³-hybridized carbons (Fsp3) is 0.600. The largest absolute Gasteiger partial charge is 0.355 e. The van der Waals surface area contributed by atoms with Crippen molar-refractivity contribution in [3.05, 3.63) is 17.7 Å². The molecule has 2 aromatic heterocycles. The van der Waals surface area contributed by atoms with Crippen LogP contribution in [0.2, 0.25) is 0 Å². The number of nitrogens with zero attached hydrogens (tertiary/aromatic N) is 4. The summed E-state index contributed by atoms with van der Waals surface area (Å²) in [5.41, 5.74) is 1.26. The van der Waals surface area contributed by atoms with Crippen molar-refractivity contribution in [3.63, 3.8) is 0 Å². The fourth-order valence-electron chi connectivity index (χ4n) is 1.23. The van der Waals surface area contributed by atoms with Gasteiger partial charge in [-0.25, -0.2) is 4.98 Å². The Hall–Kier alpha value is -1.92. The maximum absolute atomic E-state index is 4.11. The van der Waals surface area contributed by atoms with Crippen LogP contribution in [0.15, 0.2) is 6.20 Å². The molecule has 0 aromatic carbocycles. The first-order valence-corrected chi connectivity index (χ1v) is 5.68. The van der Waals surface area contributed by atoms with E-state index in [1.54, 1.807) is 7.05 Å². The lowest BCUT2D eigenvalue weighted by atomic mass is 10.2. The summed E-state index contributed by atoms with van der Waals surface area (Å²) in [6.45, 7) is 4.18. The highest BCUT2D eigenvalue weighted by atomic mass is 15.5. The highest BCUT2D eigenvalue weighted by molar-refractivity contribution is 5.15. The van der Waals surface area contributed by atoms with Gasteiger partial charge in [0.25, 0.3) is 5.95 Å². The number of aromatic amines is 2. The zero-order valence-corrected chi connectivity index (χ0v) is 10.5. The number of H-pyrrole nitrogens is 2. The second-order valence-corrected chi connectivity index (χ2v) is 3.58. The molecule has 0 saturated carbocycles. The Labute approximate surface area is 100 Å². The lowest BCUT2D eigenvalue weighted by Crippen LogP contribution is -1.88.